The maximum Gasteiger partial charge on any atom is 0.240 e. The van der Waals surface area contributed by atoms with Gasteiger partial charge < -0.3 is 19.7 Å². The van der Waals surface area contributed by atoms with Gasteiger partial charge in [-0.1, -0.05) is 23.7 Å². The fourth-order valence-electron chi connectivity index (χ4n) is 2.52. The molecule has 0 atom stereocenters. The number of carbonyl (C=O) groups is 2. The van der Waals surface area contributed by atoms with Crippen LogP contribution < -0.4 is 19.7 Å². The van der Waals surface area contributed by atoms with E-state index in [0.29, 0.717) is 28.8 Å². The summed E-state index contributed by atoms with van der Waals surface area (Å²) in [5, 5.41) is 3.35. The molecule has 2 aromatic carbocycles. The summed E-state index contributed by atoms with van der Waals surface area (Å²) in [6.07, 6.45) is 0. The van der Waals surface area contributed by atoms with Crippen molar-refractivity contribution < 1.29 is 19.1 Å². The highest BCUT2D eigenvalue weighted by Crippen LogP contribution is 2.27. The average molecular weight is 391 g/mol. The lowest BCUT2D eigenvalue weighted by Crippen LogP contribution is -2.39. The van der Waals surface area contributed by atoms with Crippen molar-refractivity contribution in [3.63, 3.8) is 0 Å². The number of halogens is 1. The minimum absolute atomic E-state index is 0.0952. The molecule has 0 unspecified atom stereocenters. The van der Waals surface area contributed by atoms with Gasteiger partial charge in [0, 0.05) is 24.2 Å². The molecule has 2 aromatic rings. The molecule has 0 bridgehead atoms. The highest BCUT2D eigenvalue weighted by molar-refractivity contribution is 6.31. The second-order valence-electron chi connectivity index (χ2n) is 6.00. The van der Waals surface area contributed by atoms with Crippen molar-refractivity contribution in [2.75, 3.05) is 25.7 Å². The number of methoxy groups -OCH3 is 2. The molecule has 2 rings (SSSR count). The van der Waals surface area contributed by atoms with E-state index in [9.17, 15) is 9.59 Å². The highest BCUT2D eigenvalue weighted by atomic mass is 35.5. The Morgan fingerprint density at radius 3 is 2.37 bits per heavy atom. The van der Waals surface area contributed by atoms with Crippen LogP contribution in [0.4, 0.5) is 5.69 Å². The number of aryl methyl sites for hydroxylation is 1. The quantitative estimate of drug-likeness (QED) is 0.787. The predicted octanol–water partition coefficient (Wildman–Crippen LogP) is 3.33. The maximum absolute atomic E-state index is 12.3. The first kappa shape index (κ1) is 20.6. The molecule has 0 aromatic heterocycles. The van der Waals surface area contributed by atoms with Gasteiger partial charge in [0.2, 0.25) is 11.8 Å². The summed E-state index contributed by atoms with van der Waals surface area (Å²) in [5.74, 6) is 0.684. The molecule has 1 N–H and O–H groups in total. The smallest absolute Gasteiger partial charge is 0.240 e. The zero-order valence-electron chi connectivity index (χ0n) is 15.8. The molecule has 0 aliphatic rings. The summed E-state index contributed by atoms with van der Waals surface area (Å²) in [5.41, 5.74) is 2.34. The minimum Gasteiger partial charge on any atom is -0.493 e. The van der Waals surface area contributed by atoms with Gasteiger partial charge in [0.15, 0.2) is 11.5 Å². The van der Waals surface area contributed by atoms with Gasteiger partial charge in [0.1, 0.15) is 6.54 Å². The van der Waals surface area contributed by atoms with E-state index in [2.05, 4.69) is 5.32 Å². The number of hydrogen-bond acceptors (Lipinski definition) is 4. The third-order valence-electron chi connectivity index (χ3n) is 4.09. The molecule has 144 valence electrons. The van der Waals surface area contributed by atoms with Gasteiger partial charge in [-0.3, -0.25) is 9.59 Å². The monoisotopic (exact) mass is 390 g/mol. The predicted molar refractivity (Wildman–Crippen MR) is 106 cm³/mol. The minimum atomic E-state index is -0.281. The lowest BCUT2D eigenvalue weighted by Gasteiger charge is -2.21. The molecule has 0 saturated heterocycles. The number of nitrogens with one attached hydrogen (secondary N) is 1. The normalized spacial score (nSPS) is 10.3. The fraction of sp³-hybridized carbons (Fsp3) is 0.300. The third-order valence-corrected chi connectivity index (χ3v) is 4.49. The van der Waals surface area contributed by atoms with Crippen LogP contribution in [0.15, 0.2) is 36.4 Å². The Labute approximate surface area is 164 Å². The Kier molecular flexibility index (Phi) is 7.07. The Bertz CT molecular complexity index is 839. The van der Waals surface area contributed by atoms with Gasteiger partial charge >= 0.3 is 0 Å². The summed E-state index contributed by atoms with van der Waals surface area (Å²) < 4.78 is 10.5. The number of hydrogen-bond donors (Lipinski definition) is 1. The molecule has 0 aliphatic carbocycles. The first-order valence-corrected chi connectivity index (χ1v) is 8.75. The molecule has 7 heteroatoms. The Balaban J connectivity index is 2.04. The van der Waals surface area contributed by atoms with Gasteiger partial charge in [0.25, 0.3) is 0 Å². The fourth-order valence-corrected chi connectivity index (χ4v) is 2.70. The molecule has 0 heterocycles. The second kappa shape index (κ2) is 9.28. The van der Waals surface area contributed by atoms with E-state index < -0.39 is 0 Å². The van der Waals surface area contributed by atoms with Gasteiger partial charge in [0.05, 0.1) is 14.2 Å². The van der Waals surface area contributed by atoms with E-state index in [0.717, 1.165) is 11.1 Å². The van der Waals surface area contributed by atoms with E-state index >= 15 is 0 Å². The van der Waals surface area contributed by atoms with Crippen LogP contribution in [0.3, 0.4) is 0 Å². The van der Waals surface area contributed by atoms with Gasteiger partial charge in [-0.25, -0.2) is 0 Å². The summed E-state index contributed by atoms with van der Waals surface area (Å²) in [7, 11) is 3.12. The number of anilines is 1. The standard InChI is InChI=1S/C20H23ClN2O4/c1-13-5-7-16(10-17(13)21)23(14(2)24)12-20(25)22-11-15-6-8-18(26-3)19(9-15)27-4/h5-10H,11-12H2,1-4H3,(H,22,25). The Morgan fingerprint density at radius 1 is 1.07 bits per heavy atom. The van der Waals surface area contributed by atoms with E-state index in [1.165, 1.54) is 11.8 Å². The van der Waals surface area contributed by atoms with E-state index in [1.54, 1.807) is 38.5 Å². The zero-order valence-corrected chi connectivity index (χ0v) is 16.6. The number of ether oxygens (including phenoxy) is 2. The van der Waals surface area contributed by atoms with Gasteiger partial charge in [-0.2, -0.15) is 0 Å². The average Bonchev–Trinajstić information content (AvgIpc) is 2.66. The first-order chi connectivity index (χ1) is 12.8. The van der Waals surface area contributed by atoms with E-state index in [1.807, 2.05) is 19.1 Å². The Morgan fingerprint density at radius 2 is 1.78 bits per heavy atom. The molecule has 27 heavy (non-hydrogen) atoms. The lowest BCUT2D eigenvalue weighted by atomic mass is 10.2. The largest absolute Gasteiger partial charge is 0.493 e. The van der Waals surface area contributed by atoms with Crippen molar-refractivity contribution in [1.29, 1.82) is 0 Å². The number of benzene rings is 2. The van der Waals surface area contributed by atoms with Crippen molar-refractivity contribution in [1.82, 2.24) is 5.32 Å². The third kappa shape index (κ3) is 5.37. The number of amides is 2. The molecule has 0 radical (unpaired) electrons. The zero-order chi connectivity index (χ0) is 20.0. The molecule has 2 amide bonds. The van der Waals surface area contributed by atoms with Crippen molar-refractivity contribution in [3.8, 4) is 11.5 Å². The number of carbonyl (C=O) groups excluding carboxylic acids is 2. The maximum atomic E-state index is 12.3. The van der Waals surface area contributed by atoms with Gasteiger partial charge in [-0.05, 0) is 42.3 Å². The van der Waals surface area contributed by atoms with Crippen molar-refractivity contribution in [2.24, 2.45) is 0 Å². The summed E-state index contributed by atoms with van der Waals surface area (Å²) in [6.45, 7) is 3.50. The first-order valence-electron chi connectivity index (χ1n) is 8.37. The van der Waals surface area contributed by atoms with Crippen LogP contribution in [0.5, 0.6) is 11.5 Å². The van der Waals surface area contributed by atoms with Crippen LogP contribution in [0.2, 0.25) is 5.02 Å². The summed E-state index contributed by atoms with van der Waals surface area (Å²) in [6, 6.07) is 10.7. The molecule has 0 saturated carbocycles. The molecule has 0 spiro atoms. The summed E-state index contributed by atoms with van der Waals surface area (Å²) in [4.78, 5) is 25.7. The van der Waals surface area contributed by atoms with Gasteiger partial charge in [-0.15, -0.1) is 0 Å². The van der Waals surface area contributed by atoms with Crippen molar-refractivity contribution in [3.05, 3.63) is 52.5 Å². The molecular formula is C20H23ClN2O4. The van der Waals surface area contributed by atoms with Crippen LogP contribution >= 0.6 is 11.6 Å². The van der Waals surface area contributed by atoms with Crippen LogP contribution in [-0.4, -0.2) is 32.6 Å². The van der Waals surface area contributed by atoms with Crippen molar-refractivity contribution >= 4 is 29.1 Å². The van der Waals surface area contributed by atoms with Crippen LogP contribution in [0, 0.1) is 6.92 Å². The van der Waals surface area contributed by atoms with Crippen LogP contribution in [-0.2, 0) is 16.1 Å². The number of nitrogens with zero attached hydrogens (tertiary/aromatic N) is 1. The van der Waals surface area contributed by atoms with Crippen molar-refractivity contribution in [2.45, 2.75) is 20.4 Å². The van der Waals surface area contributed by atoms with E-state index in [4.69, 9.17) is 21.1 Å². The van der Waals surface area contributed by atoms with Crippen LogP contribution in [0.25, 0.3) is 0 Å². The lowest BCUT2D eigenvalue weighted by molar-refractivity contribution is -0.123. The van der Waals surface area contributed by atoms with Crippen LogP contribution in [0.1, 0.15) is 18.1 Å². The Hall–Kier alpha value is -2.73. The molecular weight excluding hydrogens is 368 g/mol. The topological polar surface area (TPSA) is 67.9 Å². The number of rotatable bonds is 7. The molecule has 6 nitrogen and oxygen atoms in total. The highest BCUT2D eigenvalue weighted by Gasteiger charge is 2.16. The second-order valence-corrected chi connectivity index (χ2v) is 6.41. The summed E-state index contributed by atoms with van der Waals surface area (Å²) >= 11 is 6.13. The molecule has 0 aliphatic heterocycles. The molecule has 0 fully saturated rings. The SMILES string of the molecule is COc1ccc(CNC(=O)CN(C(C)=O)c2ccc(C)c(Cl)c2)cc1OC. The van der Waals surface area contributed by atoms with E-state index in [-0.39, 0.29) is 18.4 Å².